The van der Waals surface area contributed by atoms with E-state index in [-0.39, 0.29) is 18.0 Å². The lowest BCUT2D eigenvalue weighted by atomic mass is 10.2. The summed E-state index contributed by atoms with van der Waals surface area (Å²) < 4.78 is 14.4. The van der Waals surface area contributed by atoms with Gasteiger partial charge in [0.15, 0.2) is 0 Å². The fourth-order valence-electron chi connectivity index (χ4n) is 2.36. The minimum atomic E-state index is -0.882. The SMILES string of the molecule is O=C(O)CN1CCCN(C(=O)c2cc(Br)ccc2F)CC1. The molecule has 1 aromatic rings. The molecule has 1 amide bonds. The second kappa shape index (κ2) is 7.00. The average molecular weight is 359 g/mol. The zero-order valence-corrected chi connectivity index (χ0v) is 13.0. The van der Waals surface area contributed by atoms with E-state index in [0.29, 0.717) is 37.1 Å². The van der Waals surface area contributed by atoms with Gasteiger partial charge in [-0.2, -0.15) is 0 Å². The summed E-state index contributed by atoms with van der Waals surface area (Å²) in [5.74, 6) is -1.78. The topological polar surface area (TPSA) is 60.9 Å². The normalized spacial score (nSPS) is 16.6. The summed E-state index contributed by atoms with van der Waals surface area (Å²) in [7, 11) is 0. The molecule has 21 heavy (non-hydrogen) atoms. The lowest BCUT2D eigenvalue weighted by molar-refractivity contribution is -0.138. The Morgan fingerprint density at radius 2 is 2.00 bits per heavy atom. The number of amides is 1. The summed E-state index contributed by atoms with van der Waals surface area (Å²) in [6.07, 6.45) is 0.675. The van der Waals surface area contributed by atoms with Crippen molar-refractivity contribution in [1.29, 1.82) is 0 Å². The van der Waals surface area contributed by atoms with Crippen LogP contribution in [0.4, 0.5) is 4.39 Å². The van der Waals surface area contributed by atoms with Gasteiger partial charge in [0.2, 0.25) is 0 Å². The van der Waals surface area contributed by atoms with Crippen LogP contribution in [-0.4, -0.2) is 59.5 Å². The van der Waals surface area contributed by atoms with Crippen LogP contribution in [0.25, 0.3) is 0 Å². The van der Waals surface area contributed by atoms with Gasteiger partial charge in [0.25, 0.3) is 5.91 Å². The lowest BCUT2D eigenvalue weighted by Gasteiger charge is -2.21. The van der Waals surface area contributed by atoms with E-state index in [1.165, 1.54) is 12.1 Å². The molecule has 0 unspecified atom stereocenters. The third-order valence-electron chi connectivity index (χ3n) is 3.39. The van der Waals surface area contributed by atoms with E-state index in [9.17, 15) is 14.0 Å². The van der Waals surface area contributed by atoms with Crippen molar-refractivity contribution in [1.82, 2.24) is 9.80 Å². The molecule has 0 aliphatic carbocycles. The molecule has 1 heterocycles. The van der Waals surface area contributed by atoms with Gasteiger partial charge < -0.3 is 10.0 Å². The molecule has 1 aromatic carbocycles. The molecule has 7 heteroatoms. The Labute approximate surface area is 130 Å². The van der Waals surface area contributed by atoms with Crippen LogP contribution >= 0.6 is 15.9 Å². The van der Waals surface area contributed by atoms with Crippen LogP contribution in [0.5, 0.6) is 0 Å². The Hall–Kier alpha value is -1.47. The van der Waals surface area contributed by atoms with Gasteiger partial charge in [-0.1, -0.05) is 15.9 Å². The van der Waals surface area contributed by atoms with Crippen LogP contribution < -0.4 is 0 Å². The van der Waals surface area contributed by atoms with Crippen molar-refractivity contribution in [3.8, 4) is 0 Å². The Kier molecular flexibility index (Phi) is 5.30. The minimum absolute atomic E-state index is 0.0344. The van der Waals surface area contributed by atoms with Gasteiger partial charge >= 0.3 is 5.97 Å². The van der Waals surface area contributed by atoms with E-state index < -0.39 is 11.8 Å². The first-order chi connectivity index (χ1) is 9.97. The predicted octanol–water partition coefficient (Wildman–Crippen LogP) is 1.82. The molecule has 0 bridgehead atoms. The molecule has 1 aliphatic rings. The first-order valence-electron chi connectivity index (χ1n) is 6.66. The Balaban J connectivity index is 2.06. The molecule has 5 nitrogen and oxygen atoms in total. The van der Waals surface area contributed by atoms with E-state index in [1.54, 1.807) is 15.9 Å². The van der Waals surface area contributed by atoms with Crippen LogP contribution in [-0.2, 0) is 4.79 Å². The minimum Gasteiger partial charge on any atom is -0.480 e. The largest absolute Gasteiger partial charge is 0.480 e. The predicted molar refractivity (Wildman–Crippen MR) is 78.7 cm³/mol. The number of carboxylic acid groups (broad SMARTS) is 1. The van der Waals surface area contributed by atoms with Crippen molar-refractivity contribution in [2.75, 3.05) is 32.7 Å². The number of nitrogens with zero attached hydrogens (tertiary/aromatic N) is 2. The first-order valence-corrected chi connectivity index (χ1v) is 7.45. The second-order valence-corrected chi connectivity index (χ2v) is 5.86. The molecule has 1 aliphatic heterocycles. The van der Waals surface area contributed by atoms with Gasteiger partial charge in [0, 0.05) is 30.7 Å². The number of rotatable bonds is 3. The molecule has 1 fully saturated rings. The number of carboxylic acids is 1. The van der Waals surface area contributed by atoms with Gasteiger partial charge in [-0.05, 0) is 24.6 Å². The van der Waals surface area contributed by atoms with Crippen molar-refractivity contribution in [3.63, 3.8) is 0 Å². The number of aliphatic carboxylic acids is 1. The van der Waals surface area contributed by atoms with Gasteiger partial charge in [-0.15, -0.1) is 0 Å². The van der Waals surface area contributed by atoms with Crippen LogP contribution in [0.2, 0.25) is 0 Å². The Morgan fingerprint density at radius 1 is 1.24 bits per heavy atom. The highest BCUT2D eigenvalue weighted by Crippen LogP contribution is 2.18. The van der Waals surface area contributed by atoms with Crippen molar-refractivity contribution < 1.29 is 19.1 Å². The lowest BCUT2D eigenvalue weighted by Crippen LogP contribution is -2.37. The maximum atomic E-state index is 13.8. The van der Waals surface area contributed by atoms with E-state index in [2.05, 4.69) is 15.9 Å². The summed E-state index contributed by atoms with van der Waals surface area (Å²) in [5.41, 5.74) is 0.0380. The third kappa shape index (κ3) is 4.25. The highest BCUT2D eigenvalue weighted by molar-refractivity contribution is 9.10. The summed E-state index contributed by atoms with van der Waals surface area (Å²) in [5, 5.41) is 8.80. The molecular weight excluding hydrogens is 343 g/mol. The summed E-state index contributed by atoms with van der Waals surface area (Å²) >= 11 is 3.23. The Morgan fingerprint density at radius 3 is 2.71 bits per heavy atom. The summed E-state index contributed by atoms with van der Waals surface area (Å²) in [6, 6.07) is 4.27. The van der Waals surface area contributed by atoms with Gasteiger partial charge in [-0.25, -0.2) is 4.39 Å². The second-order valence-electron chi connectivity index (χ2n) is 4.94. The fourth-order valence-corrected chi connectivity index (χ4v) is 2.72. The van der Waals surface area contributed by atoms with Crippen LogP contribution in [0.15, 0.2) is 22.7 Å². The molecule has 2 rings (SSSR count). The van der Waals surface area contributed by atoms with Crippen molar-refractivity contribution in [2.45, 2.75) is 6.42 Å². The van der Waals surface area contributed by atoms with Gasteiger partial charge in [-0.3, -0.25) is 14.5 Å². The third-order valence-corrected chi connectivity index (χ3v) is 3.89. The van der Waals surface area contributed by atoms with E-state index in [0.717, 1.165) is 0 Å². The van der Waals surface area contributed by atoms with Crippen molar-refractivity contribution in [3.05, 3.63) is 34.1 Å². The molecule has 1 N–H and O–H groups in total. The van der Waals surface area contributed by atoms with Crippen LogP contribution in [0.1, 0.15) is 16.8 Å². The van der Waals surface area contributed by atoms with E-state index in [1.807, 2.05) is 0 Å². The standard InChI is InChI=1S/C14H16BrFN2O3/c15-10-2-3-12(16)11(8-10)14(21)18-5-1-4-17(6-7-18)9-13(19)20/h2-3,8H,1,4-7,9H2,(H,19,20). The highest BCUT2D eigenvalue weighted by Gasteiger charge is 2.23. The quantitative estimate of drug-likeness (QED) is 0.895. The van der Waals surface area contributed by atoms with Crippen molar-refractivity contribution in [2.24, 2.45) is 0 Å². The number of halogens is 2. The molecule has 0 saturated carbocycles. The first kappa shape index (κ1) is 15.9. The average Bonchev–Trinajstić information content (AvgIpc) is 2.66. The Bertz CT molecular complexity index is 553. The summed E-state index contributed by atoms with van der Waals surface area (Å²) in [4.78, 5) is 26.5. The van der Waals surface area contributed by atoms with E-state index >= 15 is 0 Å². The van der Waals surface area contributed by atoms with Gasteiger partial charge in [0.1, 0.15) is 5.82 Å². The number of hydrogen-bond donors (Lipinski definition) is 1. The summed E-state index contributed by atoms with van der Waals surface area (Å²) in [6.45, 7) is 1.97. The molecule has 0 radical (unpaired) electrons. The van der Waals surface area contributed by atoms with E-state index in [4.69, 9.17) is 5.11 Å². The van der Waals surface area contributed by atoms with Gasteiger partial charge in [0.05, 0.1) is 12.1 Å². The maximum Gasteiger partial charge on any atom is 0.317 e. The smallest absolute Gasteiger partial charge is 0.317 e. The number of carbonyl (C=O) groups excluding carboxylic acids is 1. The number of hydrogen-bond acceptors (Lipinski definition) is 3. The van der Waals surface area contributed by atoms with Crippen molar-refractivity contribution >= 4 is 27.8 Å². The number of carbonyl (C=O) groups is 2. The fraction of sp³-hybridized carbons (Fsp3) is 0.429. The maximum absolute atomic E-state index is 13.8. The molecule has 0 atom stereocenters. The highest BCUT2D eigenvalue weighted by atomic mass is 79.9. The molecule has 114 valence electrons. The van der Waals surface area contributed by atoms with Crippen LogP contribution in [0, 0.1) is 5.82 Å². The monoisotopic (exact) mass is 358 g/mol. The molecule has 1 saturated heterocycles. The zero-order valence-electron chi connectivity index (χ0n) is 11.4. The number of benzene rings is 1. The zero-order chi connectivity index (χ0) is 15.4. The molecule has 0 spiro atoms. The van der Waals surface area contributed by atoms with Crippen LogP contribution in [0.3, 0.4) is 0 Å². The molecule has 0 aromatic heterocycles. The molecular formula is C14H16BrFN2O3.